The number of hydrogen-bond acceptors (Lipinski definition) is 6. The molecule has 3 rings (SSSR count). The van der Waals surface area contributed by atoms with Gasteiger partial charge in [0.1, 0.15) is 23.4 Å². The van der Waals surface area contributed by atoms with Crippen molar-refractivity contribution in [3.05, 3.63) is 56.8 Å². The van der Waals surface area contributed by atoms with Crippen LogP contribution < -0.4 is 21.3 Å². The summed E-state index contributed by atoms with van der Waals surface area (Å²) in [4.78, 5) is 42.2. The van der Waals surface area contributed by atoms with Crippen molar-refractivity contribution in [3.8, 4) is 5.75 Å². The fraction of sp³-hybridized carbons (Fsp3) is 0.368. The molecule has 1 N–H and O–H groups in total. The molecule has 0 aliphatic rings. The molecule has 3 aromatic heterocycles. The number of furan rings is 1. The van der Waals surface area contributed by atoms with E-state index in [0.717, 1.165) is 11.0 Å². The molecule has 0 aliphatic heterocycles. The van der Waals surface area contributed by atoms with Crippen LogP contribution in [0.3, 0.4) is 0 Å². The van der Waals surface area contributed by atoms with Crippen LogP contribution in [0.15, 0.2) is 38.6 Å². The number of ether oxygens (including phenoxy) is 1. The van der Waals surface area contributed by atoms with Crippen molar-refractivity contribution in [1.82, 2.24) is 19.4 Å². The third-order valence-corrected chi connectivity index (χ3v) is 4.28. The first-order valence-electron chi connectivity index (χ1n) is 8.95. The highest BCUT2D eigenvalue weighted by Gasteiger charge is 2.19. The van der Waals surface area contributed by atoms with E-state index >= 15 is 0 Å². The predicted octanol–water partition coefficient (Wildman–Crippen LogP) is 1.10. The maximum atomic E-state index is 13.0. The smallest absolute Gasteiger partial charge is 0.332 e. The maximum Gasteiger partial charge on any atom is 0.332 e. The lowest BCUT2D eigenvalue weighted by Gasteiger charge is -2.14. The van der Waals surface area contributed by atoms with Crippen LogP contribution >= 0.6 is 0 Å². The summed E-state index contributed by atoms with van der Waals surface area (Å²) < 4.78 is 13.0. The Labute approximate surface area is 160 Å². The van der Waals surface area contributed by atoms with Crippen molar-refractivity contribution in [2.24, 2.45) is 7.05 Å². The van der Waals surface area contributed by atoms with Gasteiger partial charge in [-0.25, -0.2) is 14.3 Å². The van der Waals surface area contributed by atoms with Crippen LogP contribution in [0, 0.1) is 6.92 Å². The summed E-state index contributed by atoms with van der Waals surface area (Å²) in [6, 6.07) is 3.42. The average molecular weight is 386 g/mol. The average Bonchev–Trinajstić information content (AvgIpc) is 3.20. The Balaban J connectivity index is 2.01. The third kappa shape index (κ3) is 3.68. The summed E-state index contributed by atoms with van der Waals surface area (Å²) in [6.45, 7) is 3.91. The number of nitrogens with one attached hydrogen (secondary N) is 1. The number of carbonyl (C=O) groups is 1. The molecule has 3 aromatic rings. The Kier molecular flexibility index (Phi) is 5.62. The molecule has 28 heavy (non-hydrogen) atoms. The topological polar surface area (TPSA) is 108 Å². The second kappa shape index (κ2) is 8.12. The molecule has 0 bridgehead atoms. The zero-order valence-corrected chi connectivity index (χ0v) is 16.0. The molecule has 0 unspecified atom stereocenters. The van der Waals surface area contributed by atoms with Crippen LogP contribution in [0.1, 0.15) is 24.7 Å². The lowest BCUT2D eigenvalue weighted by Crippen LogP contribution is -2.43. The van der Waals surface area contributed by atoms with E-state index in [1.807, 2.05) is 6.92 Å². The Bertz CT molecular complexity index is 1110. The van der Waals surface area contributed by atoms with Gasteiger partial charge in [0.2, 0.25) is 5.91 Å². The molecule has 1 amide bonds. The SMILES string of the molecule is CCCOc1c(C)cnc2c1c(=O)n(CC(=O)NCc1ccco1)c(=O)n2C. The molecular weight excluding hydrogens is 364 g/mol. The van der Waals surface area contributed by atoms with Crippen LogP contribution in [-0.4, -0.2) is 26.6 Å². The van der Waals surface area contributed by atoms with Gasteiger partial charge in [0.05, 0.1) is 19.4 Å². The highest BCUT2D eigenvalue weighted by molar-refractivity contribution is 5.83. The molecule has 9 nitrogen and oxygen atoms in total. The molecule has 9 heteroatoms. The number of rotatable bonds is 7. The Morgan fingerprint density at radius 1 is 1.36 bits per heavy atom. The van der Waals surface area contributed by atoms with E-state index in [9.17, 15) is 14.4 Å². The third-order valence-electron chi connectivity index (χ3n) is 4.28. The number of fused-ring (bicyclic) bond motifs is 1. The Morgan fingerprint density at radius 2 is 2.14 bits per heavy atom. The van der Waals surface area contributed by atoms with Crippen LogP contribution in [0.5, 0.6) is 5.75 Å². The Morgan fingerprint density at radius 3 is 2.82 bits per heavy atom. The predicted molar refractivity (Wildman–Crippen MR) is 102 cm³/mol. The number of pyridine rings is 1. The zero-order chi connectivity index (χ0) is 20.3. The molecule has 0 atom stereocenters. The quantitative estimate of drug-likeness (QED) is 0.651. The van der Waals surface area contributed by atoms with Gasteiger partial charge in [-0.15, -0.1) is 0 Å². The molecule has 0 saturated heterocycles. The minimum atomic E-state index is -0.622. The molecule has 148 valence electrons. The van der Waals surface area contributed by atoms with E-state index in [-0.39, 0.29) is 17.6 Å². The van der Waals surface area contributed by atoms with Crippen molar-refractivity contribution >= 4 is 16.9 Å². The number of aromatic nitrogens is 3. The van der Waals surface area contributed by atoms with Crippen LogP contribution in [-0.2, 0) is 24.9 Å². The summed E-state index contributed by atoms with van der Waals surface area (Å²) in [5, 5.41) is 2.82. The number of aryl methyl sites for hydroxylation is 2. The van der Waals surface area contributed by atoms with Gasteiger partial charge in [-0.1, -0.05) is 6.92 Å². The van der Waals surface area contributed by atoms with Gasteiger partial charge in [-0.2, -0.15) is 0 Å². The standard InChI is InChI=1S/C19H22N4O5/c1-4-7-28-16-12(2)9-21-17-15(16)18(25)23(19(26)22(17)3)11-14(24)20-10-13-6-5-8-27-13/h5-6,8-9H,4,7,10-11H2,1-3H3,(H,20,24). The summed E-state index contributed by atoms with van der Waals surface area (Å²) in [7, 11) is 1.51. The zero-order valence-electron chi connectivity index (χ0n) is 16.0. The first-order chi connectivity index (χ1) is 13.4. The first kappa shape index (κ1) is 19.4. The molecular formula is C19H22N4O5. The summed E-state index contributed by atoms with van der Waals surface area (Å²) in [5.74, 6) is 0.478. The maximum absolute atomic E-state index is 13.0. The van der Waals surface area contributed by atoms with E-state index < -0.39 is 23.7 Å². The van der Waals surface area contributed by atoms with Crippen LogP contribution in [0.2, 0.25) is 0 Å². The largest absolute Gasteiger partial charge is 0.492 e. The van der Waals surface area contributed by atoms with Crippen molar-refractivity contribution in [3.63, 3.8) is 0 Å². The molecule has 0 saturated carbocycles. The van der Waals surface area contributed by atoms with E-state index in [1.54, 1.807) is 25.3 Å². The van der Waals surface area contributed by atoms with Crippen LogP contribution in [0.25, 0.3) is 11.0 Å². The van der Waals surface area contributed by atoms with E-state index in [2.05, 4.69) is 10.3 Å². The summed E-state index contributed by atoms with van der Waals surface area (Å²) in [5.41, 5.74) is -0.318. The highest BCUT2D eigenvalue weighted by Crippen LogP contribution is 2.24. The second-order valence-electron chi connectivity index (χ2n) is 6.41. The monoisotopic (exact) mass is 386 g/mol. The van der Waals surface area contributed by atoms with Gasteiger partial charge < -0.3 is 14.5 Å². The van der Waals surface area contributed by atoms with Gasteiger partial charge in [-0.3, -0.25) is 14.2 Å². The fourth-order valence-electron chi connectivity index (χ4n) is 2.85. The number of nitrogens with zero attached hydrogens (tertiary/aromatic N) is 3. The molecule has 0 spiro atoms. The second-order valence-corrected chi connectivity index (χ2v) is 6.41. The van der Waals surface area contributed by atoms with Gasteiger partial charge in [-0.05, 0) is 25.5 Å². The highest BCUT2D eigenvalue weighted by atomic mass is 16.5. The molecule has 0 aliphatic carbocycles. The lowest BCUT2D eigenvalue weighted by atomic mass is 10.2. The minimum absolute atomic E-state index is 0.167. The van der Waals surface area contributed by atoms with Crippen molar-refractivity contribution < 1.29 is 13.9 Å². The number of amides is 1. The van der Waals surface area contributed by atoms with Crippen molar-refractivity contribution in [2.75, 3.05) is 6.61 Å². The van der Waals surface area contributed by atoms with Crippen molar-refractivity contribution in [1.29, 1.82) is 0 Å². The van der Waals surface area contributed by atoms with Gasteiger partial charge >= 0.3 is 5.69 Å². The molecule has 3 heterocycles. The minimum Gasteiger partial charge on any atom is -0.492 e. The van der Waals surface area contributed by atoms with Gasteiger partial charge in [0, 0.05) is 18.8 Å². The summed E-state index contributed by atoms with van der Waals surface area (Å²) >= 11 is 0. The van der Waals surface area contributed by atoms with E-state index in [0.29, 0.717) is 23.7 Å². The van der Waals surface area contributed by atoms with Gasteiger partial charge in [0.25, 0.3) is 5.56 Å². The molecule has 0 radical (unpaired) electrons. The summed E-state index contributed by atoms with van der Waals surface area (Å²) in [6.07, 6.45) is 3.82. The first-order valence-corrected chi connectivity index (χ1v) is 8.95. The number of hydrogen-bond donors (Lipinski definition) is 1. The molecule has 0 fully saturated rings. The lowest BCUT2D eigenvalue weighted by molar-refractivity contribution is -0.122. The van der Waals surface area contributed by atoms with Crippen molar-refractivity contribution in [2.45, 2.75) is 33.4 Å². The number of carbonyl (C=O) groups excluding carboxylic acids is 1. The van der Waals surface area contributed by atoms with E-state index in [4.69, 9.17) is 9.15 Å². The fourth-order valence-corrected chi connectivity index (χ4v) is 2.85. The molecule has 0 aromatic carbocycles. The van der Waals surface area contributed by atoms with E-state index in [1.165, 1.54) is 17.9 Å². The Hall–Kier alpha value is -3.36. The van der Waals surface area contributed by atoms with Gasteiger partial charge in [0.15, 0.2) is 5.65 Å². The van der Waals surface area contributed by atoms with Crippen LogP contribution in [0.4, 0.5) is 0 Å². The normalized spacial score (nSPS) is 11.0.